The zero-order chi connectivity index (χ0) is 8.59. The van der Waals surface area contributed by atoms with Gasteiger partial charge in [-0.25, -0.2) is 10.0 Å². The van der Waals surface area contributed by atoms with Gasteiger partial charge < -0.3 is 0 Å². The molecule has 62 valence electrons. The van der Waals surface area contributed by atoms with E-state index < -0.39 is 0 Å². The smallest absolute Gasteiger partial charge is 0.256 e. The standard InChI is InChI=1S/C6H10N2OS2/c1-4-5(9)8(7(2)3)6(10)11-4/h4H,1-3H3. The van der Waals surface area contributed by atoms with E-state index in [-0.39, 0.29) is 11.2 Å². The molecule has 1 fully saturated rings. The second-order valence-corrected chi connectivity index (χ2v) is 4.50. The Balaban J connectivity index is 2.80. The van der Waals surface area contributed by atoms with Crippen molar-refractivity contribution >= 4 is 34.2 Å². The van der Waals surface area contributed by atoms with Gasteiger partial charge in [-0.05, 0) is 6.92 Å². The molecular formula is C6H10N2OS2. The zero-order valence-electron chi connectivity index (χ0n) is 6.70. The fourth-order valence-corrected chi connectivity index (χ4v) is 2.42. The first-order valence-corrected chi connectivity index (χ1v) is 4.54. The van der Waals surface area contributed by atoms with E-state index in [1.54, 1.807) is 5.01 Å². The third kappa shape index (κ3) is 1.55. The summed E-state index contributed by atoms with van der Waals surface area (Å²) in [5, 5.41) is 3.20. The highest BCUT2D eigenvalue weighted by Gasteiger charge is 2.34. The minimum absolute atomic E-state index is 0.0232. The Hall–Kier alpha value is -0.130. The van der Waals surface area contributed by atoms with Gasteiger partial charge in [-0.15, -0.1) is 0 Å². The summed E-state index contributed by atoms with van der Waals surface area (Å²) in [4.78, 5) is 11.3. The number of hydrogen-bond donors (Lipinski definition) is 0. The van der Waals surface area contributed by atoms with Crippen LogP contribution >= 0.6 is 24.0 Å². The predicted molar refractivity (Wildman–Crippen MR) is 50.2 cm³/mol. The van der Waals surface area contributed by atoms with Gasteiger partial charge in [0.15, 0.2) is 4.32 Å². The lowest BCUT2D eigenvalue weighted by Crippen LogP contribution is -2.41. The van der Waals surface area contributed by atoms with Crippen molar-refractivity contribution in [1.82, 2.24) is 10.0 Å². The van der Waals surface area contributed by atoms with E-state index in [2.05, 4.69) is 0 Å². The molecule has 0 aromatic carbocycles. The number of carbonyl (C=O) groups excluding carboxylic acids is 1. The molecule has 0 N–H and O–H groups in total. The maximum absolute atomic E-state index is 11.3. The van der Waals surface area contributed by atoms with Crippen LogP contribution in [-0.2, 0) is 4.79 Å². The molecule has 3 nitrogen and oxygen atoms in total. The molecule has 0 aromatic rings. The summed E-state index contributed by atoms with van der Waals surface area (Å²) in [5.74, 6) is 0.0741. The normalized spacial score (nSPS) is 25.5. The predicted octanol–water partition coefficient (Wildman–Crippen LogP) is 0.712. The number of nitrogens with zero attached hydrogens (tertiary/aromatic N) is 2. The fourth-order valence-electron chi connectivity index (χ4n) is 0.874. The Bertz CT molecular complexity index is 205. The van der Waals surface area contributed by atoms with Crippen LogP contribution in [0.2, 0.25) is 0 Å². The molecule has 0 saturated carbocycles. The van der Waals surface area contributed by atoms with Gasteiger partial charge in [0.25, 0.3) is 5.91 Å². The van der Waals surface area contributed by atoms with Crippen molar-refractivity contribution in [3.05, 3.63) is 0 Å². The molecule has 1 atom stereocenters. The molecule has 0 radical (unpaired) electrons. The monoisotopic (exact) mass is 190 g/mol. The van der Waals surface area contributed by atoms with Gasteiger partial charge in [-0.1, -0.05) is 24.0 Å². The summed E-state index contributed by atoms with van der Waals surface area (Å²) in [6.07, 6.45) is 0. The molecule has 1 unspecified atom stereocenters. The molecule has 0 aliphatic carbocycles. The van der Waals surface area contributed by atoms with Crippen LogP contribution in [0.4, 0.5) is 0 Å². The van der Waals surface area contributed by atoms with Crippen molar-refractivity contribution < 1.29 is 4.79 Å². The molecule has 0 bridgehead atoms. The van der Waals surface area contributed by atoms with Crippen molar-refractivity contribution in [2.45, 2.75) is 12.2 Å². The lowest BCUT2D eigenvalue weighted by atomic mass is 10.4. The molecule has 1 rings (SSSR count). The largest absolute Gasteiger partial charge is 0.272 e. The molecule has 5 heteroatoms. The highest BCUT2D eigenvalue weighted by molar-refractivity contribution is 8.24. The molecule has 1 heterocycles. The van der Waals surface area contributed by atoms with Crippen molar-refractivity contribution in [2.75, 3.05) is 14.1 Å². The van der Waals surface area contributed by atoms with E-state index in [0.717, 1.165) is 0 Å². The number of thiocarbonyl (C=S) groups is 1. The average molecular weight is 190 g/mol. The summed E-state index contributed by atoms with van der Waals surface area (Å²) < 4.78 is 0.646. The summed E-state index contributed by atoms with van der Waals surface area (Å²) >= 11 is 6.43. The molecule has 1 aliphatic heterocycles. The highest BCUT2D eigenvalue weighted by Crippen LogP contribution is 2.26. The minimum Gasteiger partial charge on any atom is -0.272 e. The Labute approximate surface area is 75.7 Å². The Morgan fingerprint density at radius 2 is 2.18 bits per heavy atom. The van der Waals surface area contributed by atoms with E-state index in [1.807, 2.05) is 21.0 Å². The van der Waals surface area contributed by atoms with Gasteiger partial charge in [0.05, 0.1) is 5.25 Å². The molecule has 1 saturated heterocycles. The van der Waals surface area contributed by atoms with Gasteiger partial charge in [-0.3, -0.25) is 4.79 Å². The van der Waals surface area contributed by atoms with Gasteiger partial charge in [0, 0.05) is 14.1 Å². The summed E-state index contributed by atoms with van der Waals surface area (Å²) in [6.45, 7) is 1.86. The van der Waals surface area contributed by atoms with Gasteiger partial charge >= 0.3 is 0 Å². The lowest BCUT2D eigenvalue weighted by Gasteiger charge is -2.22. The maximum atomic E-state index is 11.3. The second-order valence-electron chi connectivity index (χ2n) is 2.52. The summed E-state index contributed by atoms with van der Waals surface area (Å²) in [7, 11) is 3.62. The Morgan fingerprint density at radius 1 is 1.64 bits per heavy atom. The lowest BCUT2D eigenvalue weighted by molar-refractivity contribution is -0.134. The zero-order valence-corrected chi connectivity index (χ0v) is 8.33. The van der Waals surface area contributed by atoms with Crippen LogP contribution in [0.25, 0.3) is 0 Å². The third-order valence-corrected chi connectivity index (χ3v) is 2.80. The number of hydrazine groups is 1. The maximum Gasteiger partial charge on any atom is 0.256 e. The van der Waals surface area contributed by atoms with Crippen molar-refractivity contribution in [2.24, 2.45) is 0 Å². The van der Waals surface area contributed by atoms with Crippen molar-refractivity contribution in [3.63, 3.8) is 0 Å². The van der Waals surface area contributed by atoms with Crippen molar-refractivity contribution in [1.29, 1.82) is 0 Å². The number of thioether (sulfide) groups is 1. The van der Waals surface area contributed by atoms with Gasteiger partial charge in [0.2, 0.25) is 0 Å². The van der Waals surface area contributed by atoms with Crippen LogP contribution < -0.4 is 0 Å². The van der Waals surface area contributed by atoms with Crippen LogP contribution in [0.5, 0.6) is 0 Å². The van der Waals surface area contributed by atoms with Crippen LogP contribution in [0.1, 0.15) is 6.92 Å². The minimum atomic E-state index is -0.0232. The molecule has 0 spiro atoms. The SMILES string of the molecule is CC1SC(=S)N(N(C)C)C1=O. The molecular weight excluding hydrogens is 180 g/mol. The second kappa shape index (κ2) is 3.08. The van der Waals surface area contributed by atoms with E-state index in [4.69, 9.17) is 12.2 Å². The Kier molecular flexibility index (Phi) is 2.51. The average Bonchev–Trinajstić information content (AvgIpc) is 2.07. The van der Waals surface area contributed by atoms with Crippen LogP contribution in [0, 0.1) is 0 Å². The van der Waals surface area contributed by atoms with Crippen LogP contribution in [0.15, 0.2) is 0 Å². The molecule has 11 heavy (non-hydrogen) atoms. The van der Waals surface area contributed by atoms with E-state index in [1.165, 1.54) is 16.8 Å². The quantitative estimate of drug-likeness (QED) is 0.568. The first-order valence-electron chi connectivity index (χ1n) is 3.26. The number of amides is 1. The Morgan fingerprint density at radius 3 is 2.36 bits per heavy atom. The summed E-state index contributed by atoms with van der Waals surface area (Å²) in [5.41, 5.74) is 0. The number of hydrogen-bond acceptors (Lipinski definition) is 4. The van der Waals surface area contributed by atoms with Gasteiger partial charge in [-0.2, -0.15) is 0 Å². The summed E-state index contributed by atoms with van der Waals surface area (Å²) in [6, 6.07) is 0. The van der Waals surface area contributed by atoms with E-state index in [9.17, 15) is 4.79 Å². The first kappa shape index (κ1) is 8.96. The van der Waals surface area contributed by atoms with Crippen LogP contribution in [0.3, 0.4) is 0 Å². The van der Waals surface area contributed by atoms with Crippen molar-refractivity contribution in [3.8, 4) is 0 Å². The first-order chi connectivity index (χ1) is 5.04. The van der Waals surface area contributed by atoms with E-state index >= 15 is 0 Å². The molecule has 0 aromatic heterocycles. The molecule has 1 amide bonds. The van der Waals surface area contributed by atoms with E-state index in [0.29, 0.717) is 4.32 Å². The molecule has 1 aliphatic rings. The van der Waals surface area contributed by atoms with Gasteiger partial charge in [0.1, 0.15) is 0 Å². The number of rotatable bonds is 1. The van der Waals surface area contributed by atoms with Crippen LogP contribution in [-0.4, -0.2) is 39.6 Å². The number of carbonyl (C=O) groups is 1. The third-order valence-electron chi connectivity index (χ3n) is 1.41. The topological polar surface area (TPSA) is 23.6 Å². The highest BCUT2D eigenvalue weighted by atomic mass is 32.2. The fraction of sp³-hybridized carbons (Fsp3) is 0.667.